The van der Waals surface area contributed by atoms with Crippen LogP contribution in [0, 0.1) is 0 Å². The van der Waals surface area contributed by atoms with E-state index in [0.717, 1.165) is 6.07 Å². The maximum absolute atomic E-state index is 9.98. The zero-order chi connectivity index (χ0) is 49.6. The summed E-state index contributed by atoms with van der Waals surface area (Å²) in [5.74, 6) is 0. The molecule has 9 aromatic rings. The van der Waals surface area contributed by atoms with Gasteiger partial charge in [-0.3, -0.25) is 0 Å². The van der Waals surface area contributed by atoms with Gasteiger partial charge < -0.3 is 0 Å². The molecule has 0 heterocycles. The molecule has 0 aliphatic carbocycles. The van der Waals surface area contributed by atoms with Crippen LogP contribution in [0.4, 0.5) is 0 Å². The van der Waals surface area contributed by atoms with Crippen LogP contribution in [0.1, 0.15) is 30.2 Å². The third kappa shape index (κ3) is 4.38. The van der Waals surface area contributed by atoms with Crippen LogP contribution in [0.3, 0.4) is 0 Å². The number of hydrogen-bond donors (Lipinski definition) is 0. The van der Waals surface area contributed by atoms with Gasteiger partial charge in [0.15, 0.2) is 0 Å². The minimum absolute atomic E-state index is 0.0865. The Morgan fingerprint density at radius 1 is 0.326 bits per heavy atom. The molecule has 0 amide bonds. The van der Waals surface area contributed by atoms with Crippen molar-refractivity contribution in [2.45, 2.75) is 0 Å². The zero-order valence-corrected chi connectivity index (χ0v) is 23.6. The molecule has 0 saturated heterocycles. The van der Waals surface area contributed by atoms with Crippen LogP contribution in [-0.2, 0) is 0 Å². The predicted octanol–water partition coefficient (Wildman–Crippen LogP) is 13.0. The molecule has 46 heavy (non-hydrogen) atoms. The molecule has 0 aliphatic rings. The van der Waals surface area contributed by atoms with E-state index in [-0.39, 0.29) is 32.7 Å². The molecule has 0 bridgehead atoms. The van der Waals surface area contributed by atoms with E-state index in [1.807, 2.05) is 0 Å². The Morgan fingerprint density at radius 3 is 1.78 bits per heavy atom. The first-order chi connectivity index (χ1) is 32.0. The van der Waals surface area contributed by atoms with E-state index in [4.69, 9.17) is 17.8 Å². The summed E-state index contributed by atoms with van der Waals surface area (Å²) in [7, 11) is 0. The second-order valence-electron chi connectivity index (χ2n) is 10.4. The predicted molar refractivity (Wildman–Crippen MR) is 198 cm³/mol. The Kier molecular flexibility index (Phi) is 2.94. The van der Waals surface area contributed by atoms with Gasteiger partial charge in [-0.05, 0) is 99.7 Å². The molecule has 0 aliphatic heterocycles. The SMILES string of the molecule is [2H]c1c([2H])c([2H])c(-c2c([2H])c([2H])c3c(-c4cccc5ccccc45)c4c([2H])c([2H])c([2H])c([2H])c4c(-c4c([2H])c([2H])c(-c5cc6c([2H])c([2H])c([2H])c([2H])c6c([2H])c5[2H])c([2H])c4[2H])c3c2[2H])c([2H])c1[2H]. The van der Waals surface area contributed by atoms with Crippen LogP contribution in [0.5, 0.6) is 0 Å². The number of fused-ring (bicyclic) bond motifs is 4. The van der Waals surface area contributed by atoms with E-state index in [2.05, 4.69) is 0 Å². The lowest BCUT2D eigenvalue weighted by atomic mass is 9.83. The monoisotopic (exact) mass is 604 g/mol. The van der Waals surface area contributed by atoms with Gasteiger partial charge in [-0.1, -0.05) is 169 Å². The van der Waals surface area contributed by atoms with Crippen molar-refractivity contribution in [2.75, 3.05) is 0 Å². The van der Waals surface area contributed by atoms with Crippen LogP contribution in [0.25, 0.3) is 87.6 Å². The lowest BCUT2D eigenvalue weighted by molar-refractivity contribution is 1.62. The van der Waals surface area contributed by atoms with E-state index in [1.165, 1.54) is 0 Å². The summed E-state index contributed by atoms with van der Waals surface area (Å²) >= 11 is 0. The summed E-state index contributed by atoms with van der Waals surface area (Å²) in [6.07, 6.45) is 0. The Morgan fingerprint density at radius 2 is 0.935 bits per heavy atom. The summed E-state index contributed by atoms with van der Waals surface area (Å²) in [6, 6.07) is -4.10. The highest BCUT2D eigenvalue weighted by molar-refractivity contribution is 6.24. The first-order valence-electron chi connectivity index (χ1n) is 25.1. The molecule has 0 unspecified atom stereocenters. The molecular weight excluding hydrogens is 553 g/mol. The molecule has 214 valence electrons. The number of benzene rings is 9. The summed E-state index contributed by atoms with van der Waals surface area (Å²) in [5.41, 5.74) is -3.40. The highest BCUT2D eigenvalue weighted by Crippen LogP contribution is 2.46. The van der Waals surface area contributed by atoms with Crippen LogP contribution >= 0.6 is 0 Å². The third-order valence-electron chi connectivity index (χ3n) is 7.78. The summed E-state index contributed by atoms with van der Waals surface area (Å²) in [6.45, 7) is 0. The van der Waals surface area contributed by atoms with Crippen molar-refractivity contribution in [2.24, 2.45) is 0 Å². The van der Waals surface area contributed by atoms with Gasteiger partial charge in [0.25, 0.3) is 0 Å². The van der Waals surface area contributed by atoms with Gasteiger partial charge in [0.05, 0.1) is 30.2 Å². The van der Waals surface area contributed by atoms with Gasteiger partial charge in [-0.15, -0.1) is 0 Å². The number of rotatable bonds is 4. The van der Waals surface area contributed by atoms with Gasteiger partial charge in [0.2, 0.25) is 0 Å². The summed E-state index contributed by atoms with van der Waals surface area (Å²) < 4.78 is 198. The Hall–Kier alpha value is -5.98. The third-order valence-corrected chi connectivity index (χ3v) is 7.78. The maximum Gasteiger partial charge on any atom is 0.0636 e. The Bertz CT molecular complexity index is 3760. The molecular formula is C46H30. The van der Waals surface area contributed by atoms with Crippen molar-refractivity contribution in [3.05, 3.63) is 181 Å². The van der Waals surface area contributed by atoms with Gasteiger partial charge in [-0.2, -0.15) is 0 Å². The fraction of sp³-hybridized carbons (Fsp3) is 0. The van der Waals surface area contributed by atoms with E-state index in [9.17, 15) is 12.3 Å². The molecule has 0 saturated carbocycles. The standard InChI is InChI=1S/C46H30/c1-2-11-31(12-3-1)38-27-28-43-44(30-38)45(35-24-21-33(22-25-35)37-26-23-32-13-4-5-15-36(32)29-37)41-18-8-9-19-42(41)46(43)40-20-10-16-34-14-6-7-17-39(34)40/h1-30H/i1D,2D,3D,4D,5D,8D,9D,11D,12D,13D,15D,18D,19D,21D,22D,23D,24D,25D,26D,27D,28D,30D. The van der Waals surface area contributed by atoms with Gasteiger partial charge in [0.1, 0.15) is 0 Å². The van der Waals surface area contributed by atoms with Crippen molar-refractivity contribution in [3.63, 3.8) is 0 Å². The van der Waals surface area contributed by atoms with E-state index in [1.54, 1.807) is 42.5 Å². The molecule has 9 rings (SSSR count). The van der Waals surface area contributed by atoms with Crippen LogP contribution < -0.4 is 0 Å². The lowest BCUT2D eigenvalue weighted by Crippen LogP contribution is -1.92. The molecule has 0 atom stereocenters. The van der Waals surface area contributed by atoms with E-state index in [0.29, 0.717) is 10.8 Å². The van der Waals surface area contributed by atoms with Gasteiger partial charge in [-0.25, -0.2) is 0 Å². The summed E-state index contributed by atoms with van der Waals surface area (Å²) in [4.78, 5) is 0. The second-order valence-corrected chi connectivity index (χ2v) is 10.4. The molecule has 0 fully saturated rings. The van der Waals surface area contributed by atoms with Crippen molar-refractivity contribution in [1.29, 1.82) is 0 Å². The largest absolute Gasteiger partial charge is 0.0636 e. The lowest BCUT2D eigenvalue weighted by Gasteiger charge is -2.20. The molecule has 0 N–H and O–H groups in total. The van der Waals surface area contributed by atoms with Crippen molar-refractivity contribution in [1.82, 2.24) is 0 Å². The average molecular weight is 605 g/mol. The normalized spacial score (nSPS) is 18.2. The summed E-state index contributed by atoms with van der Waals surface area (Å²) in [5, 5.41) is -1.01. The topological polar surface area (TPSA) is 0 Å². The van der Waals surface area contributed by atoms with Crippen molar-refractivity contribution >= 4 is 43.1 Å². The average Bonchev–Trinajstić information content (AvgIpc) is 3.32. The van der Waals surface area contributed by atoms with Crippen molar-refractivity contribution in [3.8, 4) is 44.5 Å². The maximum atomic E-state index is 9.98. The number of hydrogen-bond acceptors (Lipinski definition) is 0. The Labute approximate surface area is 299 Å². The van der Waals surface area contributed by atoms with E-state index < -0.39 is 177 Å². The van der Waals surface area contributed by atoms with Gasteiger partial charge in [0, 0.05) is 0 Å². The highest BCUT2D eigenvalue weighted by Gasteiger charge is 2.19. The van der Waals surface area contributed by atoms with Crippen LogP contribution in [0.2, 0.25) is 0 Å². The van der Waals surface area contributed by atoms with Crippen LogP contribution in [0.15, 0.2) is 181 Å². The molecule has 9 aromatic carbocycles. The highest BCUT2D eigenvalue weighted by atomic mass is 14.2. The molecule has 0 nitrogen and oxygen atoms in total. The minimum atomic E-state index is -0.917. The Balaban J connectivity index is 1.57. The molecule has 0 heteroatoms. The quantitative estimate of drug-likeness (QED) is 0.175. The first kappa shape index (κ1) is 12.4. The second kappa shape index (κ2) is 10.9. The molecule has 0 radical (unpaired) electrons. The molecule has 0 spiro atoms. The van der Waals surface area contributed by atoms with Crippen LogP contribution in [-0.4, -0.2) is 0 Å². The fourth-order valence-corrected chi connectivity index (χ4v) is 5.73. The molecule has 0 aromatic heterocycles. The van der Waals surface area contributed by atoms with Gasteiger partial charge >= 0.3 is 0 Å². The first-order valence-corrected chi connectivity index (χ1v) is 14.1. The fourth-order valence-electron chi connectivity index (χ4n) is 5.73. The van der Waals surface area contributed by atoms with E-state index >= 15 is 0 Å². The van der Waals surface area contributed by atoms with Crippen molar-refractivity contribution < 1.29 is 30.2 Å². The smallest absolute Gasteiger partial charge is 0.0622 e. The zero-order valence-electron chi connectivity index (χ0n) is 45.6. The minimum Gasteiger partial charge on any atom is -0.0622 e.